The summed E-state index contributed by atoms with van der Waals surface area (Å²) in [4.78, 5) is 17.0. The van der Waals surface area contributed by atoms with Crippen molar-refractivity contribution in [1.29, 1.82) is 0 Å². The highest BCUT2D eigenvalue weighted by atomic mass is 79.9. The van der Waals surface area contributed by atoms with Gasteiger partial charge in [-0.25, -0.2) is 4.98 Å². The molecule has 0 aliphatic rings. The molecule has 19 heavy (non-hydrogen) atoms. The Morgan fingerprint density at radius 1 is 1.32 bits per heavy atom. The lowest BCUT2D eigenvalue weighted by Crippen LogP contribution is -2.14. The number of hydrogen-bond donors (Lipinski definition) is 1. The molecular formula is C14H13BrN2OS. The molecule has 0 saturated heterocycles. The fourth-order valence-electron chi connectivity index (χ4n) is 1.49. The van der Waals surface area contributed by atoms with E-state index in [9.17, 15) is 4.79 Å². The zero-order chi connectivity index (χ0) is 13.7. The van der Waals surface area contributed by atoms with Crippen LogP contribution in [0.3, 0.4) is 0 Å². The quantitative estimate of drug-likeness (QED) is 0.861. The van der Waals surface area contributed by atoms with E-state index < -0.39 is 0 Å². The van der Waals surface area contributed by atoms with Crippen molar-refractivity contribution in [3.8, 4) is 0 Å². The van der Waals surface area contributed by atoms with Gasteiger partial charge in [-0.3, -0.25) is 4.79 Å². The Balaban J connectivity index is 1.88. The Labute approximate surface area is 125 Å². The van der Waals surface area contributed by atoms with Crippen molar-refractivity contribution in [2.75, 3.05) is 11.1 Å². The van der Waals surface area contributed by atoms with Crippen LogP contribution in [0.5, 0.6) is 0 Å². The number of nitrogens with zero attached hydrogens (tertiary/aromatic N) is 1. The van der Waals surface area contributed by atoms with Crippen LogP contribution in [0.25, 0.3) is 0 Å². The van der Waals surface area contributed by atoms with Gasteiger partial charge in [0.05, 0.1) is 5.75 Å². The number of anilines is 1. The van der Waals surface area contributed by atoms with Gasteiger partial charge in [-0.2, -0.15) is 0 Å². The number of aryl methyl sites for hydroxylation is 1. The number of benzene rings is 1. The monoisotopic (exact) mass is 336 g/mol. The molecule has 98 valence electrons. The molecule has 0 saturated carbocycles. The van der Waals surface area contributed by atoms with E-state index in [-0.39, 0.29) is 5.91 Å². The second-order valence-electron chi connectivity index (χ2n) is 3.96. The third kappa shape index (κ3) is 4.36. The molecule has 0 unspecified atom stereocenters. The molecule has 1 aromatic heterocycles. The Morgan fingerprint density at radius 2 is 2.11 bits per heavy atom. The Morgan fingerprint density at radius 3 is 2.79 bits per heavy atom. The van der Waals surface area contributed by atoms with E-state index in [2.05, 4.69) is 26.2 Å². The molecule has 2 aromatic rings. The van der Waals surface area contributed by atoms with Gasteiger partial charge in [0.2, 0.25) is 5.91 Å². The third-order valence-corrected chi connectivity index (χ3v) is 4.09. The molecule has 1 amide bonds. The fourth-order valence-corrected chi connectivity index (χ4v) is 2.55. The van der Waals surface area contributed by atoms with Crippen molar-refractivity contribution < 1.29 is 4.79 Å². The minimum atomic E-state index is -0.0527. The number of nitrogens with one attached hydrogen (secondary N) is 1. The zero-order valence-corrected chi connectivity index (χ0v) is 12.8. The van der Waals surface area contributed by atoms with Crippen LogP contribution in [0.15, 0.2) is 52.0 Å². The third-order valence-electron chi connectivity index (χ3n) is 2.45. The minimum absolute atomic E-state index is 0.0527. The van der Waals surface area contributed by atoms with Crippen LogP contribution in [0.1, 0.15) is 5.56 Å². The van der Waals surface area contributed by atoms with Crippen molar-refractivity contribution in [2.45, 2.75) is 11.8 Å². The molecule has 1 N–H and O–H groups in total. The fraction of sp³-hybridized carbons (Fsp3) is 0.143. The molecule has 1 heterocycles. The topological polar surface area (TPSA) is 42.0 Å². The van der Waals surface area contributed by atoms with Gasteiger partial charge in [0, 0.05) is 15.6 Å². The Hall–Kier alpha value is -1.33. The molecule has 1 aromatic carbocycles. The van der Waals surface area contributed by atoms with E-state index in [1.54, 1.807) is 12.3 Å². The maximum Gasteiger partial charge on any atom is 0.235 e. The first-order valence-corrected chi connectivity index (χ1v) is 7.53. The lowest BCUT2D eigenvalue weighted by Gasteiger charge is -2.06. The van der Waals surface area contributed by atoms with Crippen LogP contribution in [0, 0.1) is 6.92 Å². The molecule has 0 radical (unpaired) electrons. The molecular weight excluding hydrogens is 324 g/mol. The summed E-state index contributed by atoms with van der Waals surface area (Å²) in [6.45, 7) is 2.04. The van der Waals surface area contributed by atoms with Crippen molar-refractivity contribution in [2.24, 2.45) is 0 Å². The summed E-state index contributed by atoms with van der Waals surface area (Å²) in [5.41, 5.74) is 1.18. The van der Waals surface area contributed by atoms with Crippen LogP contribution in [0.4, 0.5) is 5.82 Å². The van der Waals surface area contributed by atoms with Gasteiger partial charge in [0.1, 0.15) is 5.82 Å². The summed E-state index contributed by atoms with van der Waals surface area (Å²) in [6.07, 6.45) is 1.66. The molecule has 2 rings (SSSR count). The zero-order valence-electron chi connectivity index (χ0n) is 10.4. The van der Waals surface area contributed by atoms with E-state index in [1.165, 1.54) is 17.3 Å². The second-order valence-corrected chi connectivity index (χ2v) is 5.90. The number of carbonyl (C=O) groups is 1. The van der Waals surface area contributed by atoms with Crippen molar-refractivity contribution in [3.63, 3.8) is 0 Å². The van der Waals surface area contributed by atoms with E-state index in [1.807, 2.05) is 37.3 Å². The van der Waals surface area contributed by atoms with Gasteiger partial charge in [0.15, 0.2) is 0 Å². The predicted molar refractivity (Wildman–Crippen MR) is 82.5 cm³/mol. The van der Waals surface area contributed by atoms with Crippen molar-refractivity contribution in [1.82, 2.24) is 4.98 Å². The lowest BCUT2D eigenvalue weighted by molar-refractivity contribution is -0.113. The predicted octanol–water partition coefficient (Wildman–Crippen LogP) is 3.88. The van der Waals surface area contributed by atoms with E-state index >= 15 is 0 Å². The van der Waals surface area contributed by atoms with Gasteiger partial charge in [-0.15, -0.1) is 11.8 Å². The van der Waals surface area contributed by atoms with E-state index in [4.69, 9.17) is 0 Å². The van der Waals surface area contributed by atoms with Gasteiger partial charge >= 0.3 is 0 Å². The van der Waals surface area contributed by atoms with E-state index in [0.717, 1.165) is 9.37 Å². The highest BCUT2D eigenvalue weighted by Crippen LogP contribution is 2.21. The van der Waals surface area contributed by atoms with Crippen LogP contribution in [-0.4, -0.2) is 16.6 Å². The average Bonchev–Trinajstić information content (AvgIpc) is 2.40. The Kier molecular flexibility index (Phi) is 4.99. The van der Waals surface area contributed by atoms with E-state index in [0.29, 0.717) is 11.6 Å². The lowest BCUT2D eigenvalue weighted by atomic mass is 10.2. The Bertz CT molecular complexity index is 572. The molecule has 0 fully saturated rings. The average molecular weight is 337 g/mol. The number of rotatable bonds is 4. The molecule has 3 nitrogen and oxygen atoms in total. The summed E-state index contributed by atoms with van der Waals surface area (Å²) >= 11 is 4.83. The standard InChI is InChI=1S/C14H13BrN2OS/c1-10-4-2-3-5-12(10)19-9-14(18)17-13-7-6-11(15)8-16-13/h2-8H,9H2,1H3,(H,16,17,18). The van der Waals surface area contributed by atoms with Crippen molar-refractivity contribution in [3.05, 3.63) is 52.6 Å². The van der Waals surface area contributed by atoms with Crippen LogP contribution in [0.2, 0.25) is 0 Å². The van der Waals surface area contributed by atoms with Crippen LogP contribution >= 0.6 is 27.7 Å². The number of thioether (sulfide) groups is 1. The molecule has 5 heteroatoms. The van der Waals surface area contributed by atoms with Gasteiger partial charge in [-0.1, -0.05) is 18.2 Å². The number of amides is 1. The minimum Gasteiger partial charge on any atom is -0.310 e. The van der Waals surface area contributed by atoms with Crippen LogP contribution < -0.4 is 5.32 Å². The summed E-state index contributed by atoms with van der Waals surface area (Å²) in [6, 6.07) is 11.6. The SMILES string of the molecule is Cc1ccccc1SCC(=O)Nc1ccc(Br)cn1. The normalized spacial score (nSPS) is 10.2. The maximum atomic E-state index is 11.8. The summed E-state index contributed by atoms with van der Waals surface area (Å²) in [7, 11) is 0. The maximum absolute atomic E-state index is 11.8. The highest BCUT2D eigenvalue weighted by molar-refractivity contribution is 9.10. The van der Waals surface area contributed by atoms with Crippen LogP contribution in [-0.2, 0) is 4.79 Å². The second kappa shape index (κ2) is 6.73. The summed E-state index contributed by atoms with van der Waals surface area (Å²) < 4.78 is 0.889. The molecule has 0 aliphatic heterocycles. The van der Waals surface area contributed by atoms with Gasteiger partial charge in [0.25, 0.3) is 0 Å². The summed E-state index contributed by atoms with van der Waals surface area (Å²) in [5.74, 6) is 0.893. The smallest absolute Gasteiger partial charge is 0.235 e. The first-order valence-electron chi connectivity index (χ1n) is 5.75. The highest BCUT2D eigenvalue weighted by Gasteiger charge is 2.05. The molecule has 0 spiro atoms. The largest absolute Gasteiger partial charge is 0.310 e. The number of pyridine rings is 1. The number of hydrogen-bond acceptors (Lipinski definition) is 3. The molecule has 0 aliphatic carbocycles. The molecule has 0 bridgehead atoms. The van der Waals surface area contributed by atoms with Crippen molar-refractivity contribution >= 4 is 39.4 Å². The summed E-state index contributed by atoms with van der Waals surface area (Å²) in [5, 5.41) is 2.77. The first-order chi connectivity index (χ1) is 9.15. The number of aromatic nitrogens is 1. The van der Waals surface area contributed by atoms with Gasteiger partial charge in [-0.05, 0) is 46.6 Å². The van der Waals surface area contributed by atoms with Gasteiger partial charge < -0.3 is 5.32 Å². The first kappa shape index (κ1) is 14.1. The number of carbonyl (C=O) groups excluding carboxylic acids is 1. The molecule has 0 atom stereocenters. The number of halogens is 1.